The Kier molecular flexibility index (Phi) is 5.23. The molecule has 2 aromatic carbocycles. The first-order valence-corrected chi connectivity index (χ1v) is 10.3. The second-order valence-corrected chi connectivity index (χ2v) is 8.02. The lowest BCUT2D eigenvalue weighted by atomic mass is 10.0. The number of hydrogen-bond acceptors (Lipinski definition) is 3. The van der Waals surface area contributed by atoms with Crippen molar-refractivity contribution in [2.75, 3.05) is 5.32 Å². The number of amides is 1. The van der Waals surface area contributed by atoms with Gasteiger partial charge < -0.3 is 5.32 Å². The highest BCUT2D eigenvalue weighted by Gasteiger charge is 2.24. The highest BCUT2D eigenvalue weighted by atomic mass is 16.2. The molecule has 31 heavy (non-hydrogen) atoms. The van der Waals surface area contributed by atoms with Gasteiger partial charge in [0.15, 0.2) is 0 Å². The van der Waals surface area contributed by atoms with E-state index < -0.39 is 6.04 Å². The van der Waals surface area contributed by atoms with Crippen LogP contribution in [0.1, 0.15) is 29.8 Å². The largest absolute Gasteiger partial charge is 0.324 e. The highest BCUT2D eigenvalue weighted by Crippen LogP contribution is 2.30. The Morgan fingerprint density at radius 3 is 2.42 bits per heavy atom. The quantitative estimate of drug-likeness (QED) is 0.534. The van der Waals surface area contributed by atoms with E-state index in [-0.39, 0.29) is 11.5 Å². The van der Waals surface area contributed by atoms with Gasteiger partial charge in [-0.2, -0.15) is 5.10 Å². The van der Waals surface area contributed by atoms with Gasteiger partial charge in [0.25, 0.3) is 5.56 Å². The van der Waals surface area contributed by atoms with Crippen LogP contribution in [0.15, 0.2) is 59.4 Å². The van der Waals surface area contributed by atoms with Gasteiger partial charge in [-0.1, -0.05) is 48.0 Å². The van der Waals surface area contributed by atoms with Crippen molar-refractivity contribution < 1.29 is 4.79 Å². The van der Waals surface area contributed by atoms with Crippen molar-refractivity contribution in [3.63, 3.8) is 0 Å². The summed E-state index contributed by atoms with van der Waals surface area (Å²) in [5.41, 5.74) is 5.83. The van der Waals surface area contributed by atoms with Crippen LogP contribution in [0.2, 0.25) is 0 Å². The highest BCUT2D eigenvalue weighted by molar-refractivity contribution is 5.98. The lowest BCUT2D eigenvalue weighted by Crippen LogP contribution is -2.32. The van der Waals surface area contributed by atoms with Crippen molar-refractivity contribution in [3.8, 4) is 11.1 Å². The zero-order valence-electron chi connectivity index (χ0n) is 18.4. The Bertz CT molecular complexity index is 1350. The second-order valence-electron chi connectivity index (χ2n) is 8.02. The van der Waals surface area contributed by atoms with Crippen molar-refractivity contribution in [2.24, 2.45) is 7.05 Å². The molecule has 0 bridgehead atoms. The summed E-state index contributed by atoms with van der Waals surface area (Å²) >= 11 is 0. The first-order chi connectivity index (χ1) is 14.8. The van der Waals surface area contributed by atoms with Crippen LogP contribution >= 0.6 is 0 Å². The number of nitrogens with zero attached hydrogens (tertiary/aromatic N) is 3. The van der Waals surface area contributed by atoms with Crippen molar-refractivity contribution in [3.05, 3.63) is 81.8 Å². The molecule has 2 aromatic heterocycles. The van der Waals surface area contributed by atoms with Crippen LogP contribution in [-0.2, 0) is 11.8 Å². The maximum absolute atomic E-state index is 13.2. The molecule has 4 rings (SSSR count). The van der Waals surface area contributed by atoms with Gasteiger partial charge in [0.05, 0.1) is 5.69 Å². The van der Waals surface area contributed by atoms with Gasteiger partial charge in [-0.3, -0.25) is 18.8 Å². The summed E-state index contributed by atoms with van der Waals surface area (Å²) < 4.78 is 3.21. The molecule has 0 saturated carbocycles. The van der Waals surface area contributed by atoms with Crippen molar-refractivity contribution in [1.29, 1.82) is 0 Å². The monoisotopic (exact) mass is 414 g/mol. The van der Waals surface area contributed by atoms with Crippen LogP contribution in [0.3, 0.4) is 0 Å². The van der Waals surface area contributed by atoms with Gasteiger partial charge in [-0.05, 0) is 50.5 Å². The third-order valence-corrected chi connectivity index (χ3v) is 5.69. The van der Waals surface area contributed by atoms with Gasteiger partial charge in [-0.15, -0.1) is 0 Å². The topological polar surface area (TPSA) is 68.9 Å². The smallest absolute Gasteiger partial charge is 0.253 e. The maximum atomic E-state index is 13.2. The van der Waals surface area contributed by atoms with Crippen LogP contribution in [-0.4, -0.2) is 20.3 Å². The van der Waals surface area contributed by atoms with Crippen LogP contribution in [0.5, 0.6) is 0 Å². The minimum atomic E-state index is -0.713. The molecule has 0 radical (unpaired) electrons. The Morgan fingerprint density at radius 1 is 1.03 bits per heavy atom. The van der Waals surface area contributed by atoms with E-state index in [4.69, 9.17) is 0 Å². The van der Waals surface area contributed by atoms with E-state index in [9.17, 15) is 9.59 Å². The molecule has 0 aliphatic carbocycles. The fourth-order valence-corrected chi connectivity index (χ4v) is 4.14. The normalized spacial score (nSPS) is 12.2. The number of rotatable bonds is 4. The number of nitrogens with one attached hydrogen (secondary N) is 1. The number of anilines is 1. The first kappa shape index (κ1) is 20.6. The molecule has 0 aliphatic heterocycles. The molecule has 158 valence electrons. The van der Waals surface area contributed by atoms with Crippen LogP contribution in [0.4, 0.5) is 5.69 Å². The maximum Gasteiger partial charge on any atom is 0.253 e. The van der Waals surface area contributed by atoms with Gasteiger partial charge in [0.2, 0.25) is 5.91 Å². The van der Waals surface area contributed by atoms with Crippen molar-refractivity contribution in [1.82, 2.24) is 14.3 Å². The standard InChI is InChI=1S/C25H26N4O2/c1-15-11-12-21(16(2)13-15)26-24(31)18(4)29-22(30)14-20(19-9-7-6-8-10-19)23-17(3)27-28(5)25(23)29/h6-14,18H,1-5H3,(H,26,31). The third-order valence-electron chi connectivity index (χ3n) is 5.69. The molecule has 1 amide bonds. The summed E-state index contributed by atoms with van der Waals surface area (Å²) in [6, 6.07) is 16.5. The Morgan fingerprint density at radius 2 is 1.74 bits per heavy atom. The average Bonchev–Trinajstić information content (AvgIpc) is 3.03. The summed E-state index contributed by atoms with van der Waals surface area (Å²) in [7, 11) is 1.80. The summed E-state index contributed by atoms with van der Waals surface area (Å²) in [6.45, 7) is 7.63. The fraction of sp³-hybridized carbons (Fsp3) is 0.240. The van der Waals surface area contributed by atoms with Gasteiger partial charge in [-0.25, -0.2) is 0 Å². The first-order valence-electron chi connectivity index (χ1n) is 10.3. The predicted molar refractivity (Wildman–Crippen MR) is 124 cm³/mol. The average molecular weight is 415 g/mol. The molecule has 0 saturated heterocycles. The number of benzene rings is 2. The lowest BCUT2D eigenvalue weighted by molar-refractivity contribution is -0.118. The summed E-state index contributed by atoms with van der Waals surface area (Å²) in [5.74, 6) is -0.248. The van der Waals surface area contributed by atoms with Gasteiger partial charge in [0.1, 0.15) is 11.7 Å². The van der Waals surface area contributed by atoms with Gasteiger partial charge >= 0.3 is 0 Å². The molecular weight excluding hydrogens is 388 g/mol. The molecule has 2 heterocycles. The molecule has 0 fully saturated rings. The number of aromatic nitrogens is 3. The number of aryl methyl sites for hydroxylation is 4. The van der Waals surface area contributed by atoms with E-state index in [1.165, 1.54) is 4.57 Å². The van der Waals surface area contributed by atoms with E-state index in [1.54, 1.807) is 24.7 Å². The molecule has 1 atom stereocenters. The zero-order valence-corrected chi connectivity index (χ0v) is 18.4. The van der Waals surface area contributed by atoms with Crippen molar-refractivity contribution in [2.45, 2.75) is 33.7 Å². The second kappa shape index (κ2) is 7.87. The Labute approximate surface area is 181 Å². The van der Waals surface area contributed by atoms with E-state index in [2.05, 4.69) is 10.4 Å². The number of hydrogen-bond donors (Lipinski definition) is 1. The minimum absolute atomic E-state index is 0.238. The molecule has 0 spiro atoms. The van der Waals surface area contributed by atoms with Crippen LogP contribution < -0.4 is 10.9 Å². The lowest BCUT2D eigenvalue weighted by Gasteiger charge is -2.19. The molecule has 1 unspecified atom stereocenters. The Hall–Kier alpha value is -3.67. The Balaban J connectivity index is 1.83. The third kappa shape index (κ3) is 3.65. The molecule has 6 heteroatoms. The van der Waals surface area contributed by atoms with E-state index in [0.29, 0.717) is 5.65 Å². The SMILES string of the molecule is Cc1ccc(NC(=O)C(C)n2c(=O)cc(-c3ccccc3)c3c(C)nn(C)c32)c(C)c1. The number of carbonyl (C=O) groups excluding carboxylic acids is 1. The van der Waals surface area contributed by atoms with Gasteiger partial charge in [0, 0.05) is 24.2 Å². The number of carbonyl (C=O) groups is 1. The summed E-state index contributed by atoms with van der Waals surface area (Å²) in [6.07, 6.45) is 0. The molecule has 4 aromatic rings. The van der Waals surface area contributed by atoms with E-state index in [0.717, 1.165) is 39.0 Å². The molecule has 0 aliphatic rings. The molecule has 1 N–H and O–H groups in total. The summed E-state index contributed by atoms with van der Waals surface area (Å²) in [5, 5.41) is 8.40. The van der Waals surface area contributed by atoms with E-state index in [1.807, 2.05) is 69.3 Å². The number of fused-ring (bicyclic) bond motifs is 1. The predicted octanol–water partition coefficient (Wildman–Crippen LogP) is 4.53. The number of pyridine rings is 1. The fourth-order valence-electron chi connectivity index (χ4n) is 4.14. The zero-order chi connectivity index (χ0) is 22.3. The summed E-state index contributed by atoms with van der Waals surface area (Å²) in [4.78, 5) is 26.4. The van der Waals surface area contributed by atoms with Crippen LogP contribution in [0.25, 0.3) is 22.2 Å². The molecule has 6 nitrogen and oxygen atoms in total. The van der Waals surface area contributed by atoms with Crippen LogP contribution in [0, 0.1) is 20.8 Å². The van der Waals surface area contributed by atoms with Crippen molar-refractivity contribution >= 4 is 22.6 Å². The molecular formula is C25H26N4O2. The van der Waals surface area contributed by atoms with E-state index >= 15 is 0 Å². The minimum Gasteiger partial charge on any atom is -0.324 e.